The van der Waals surface area contributed by atoms with Gasteiger partial charge in [-0.15, -0.1) is 0 Å². The van der Waals surface area contributed by atoms with E-state index in [-0.39, 0.29) is 36.6 Å². The number of esters is 1. The van der Waals surface area contributed by atoms with Gasteiger partial charge >= 0.3 is 5.97 Å². The summed E-state index contributed by atoms with van der Waals surface area (Å²) < 4.78 is 5.01. The van der Waals surface area contributed by atoms with Crippen molar-refractivity contribution >= 4 is 23.3 Å². The highest BCUT2D eigenvalue weighted by atomic mass is 16.6. The van der Waals surface area contributed by atoms with Crippen molar-refractivity contribution in [2.45, 2.75) is 27.2 Å². The van der Waals surface area contributed by atoms with E-state index < -0.39 is 16.8 Å². The fourth-order valence-electron chi connectivity index (χ4n) is 3.02. The Morgan fingerprint density at radius 3 is 2.17 bits per heavy atom. The molecule has 0 radical (unpaired) electrons. The van der Waals surface area contributed by atoms with Crippen LogP contribution in [0.4, 0.5) is 5.69 Å². The van der Waals surface area contributed by atoms with Gasteiger partial charge in [0.1, 0.15) is 0 Å². The summed E-state index contributed by atoms with van der Waals surface area (Å²) in [5.74, 6) is -1.34. The number of carbonyl (C=O) groups excluding carboxylic acids is 3. The summed E-state index contributed by atoms with van der Waals surface area (Å²) in [4.78, 5) is 46.2. The molecule has 8 nitrogen and oxygen atoms in total. The quantitative estimate of drug-likeness (QED) is 0.316. The maximum atomic E-state index is 12.3. The van der Waals surface area contributed by atoms with Gasteiger partial charge in [-0.25, -0.2) is 0 Å². The number of carbonyl (C=O) groups is 3. The van der Waals surface area contributed by atoms with E-state index in [0.29, 0.717) is 5.56 Å². The number of nitrogens with zero attached hydrogens (tertiary/aromatic N) is 1. The zero-order chi connectivity index (χ0) is 21.6. The number of hydrogen-bond donors (Lipinski definition) is 1. The molecule has 0 unspecified atom stereocenters. The third-order valence-corrected chi connectivity index (χ3v) is 4.28. The molecule has 0 atom stereocenters. The maximum Gasteiger partial charge on any atom is 0.308 e. The Morgan fingerprint density at radius 2 is 1.62 bits per heavy atom. The Kier molecular flexibility index (Phi) is 7.19. The summed E-state index contributed by atoms with van der Waals surface area (Å²) in [7, 11) is 0. The number of benzene rings is 2. The van der Waals surface area contributed by atoms with E-state index in [0.717, 1.165) is 16.7 Å². The van der Waals surface area contributed by atoms with E-state index in [4.69, 9.17) is 4.74 Å². The summed E-state index contributed by atoms with van der Waals surface area (Å²) in [6.07, 6.45) is -0.0993. The van der Waals surface area contributed by atoms with Crippen molar-refractivity contribution in [3.63, 3.8) is 0 Å². The molecule has 0 aliphatic rings. The van der Waals surface area contributed by atoms with Gasteiger partial charge in [0.05, 0.1) is 11.3 Å². The van der Waals surface area contributed by atoms with Gasteiger partial charge in [-0.05, 0) is 44.0 Å². The number of nitrogens with one attached hydrogen (secondary N) is 1. The first-order valence-electron chi connectivity index (χ1n) is 8.98. The number of amides is 1. The van der Waals surface area contributed by atoms with E-state index in [1.807, 2.05) is 32.9 Å². The molecule has 0 bridgehead atoms. The van der Waals surface area contributed by atoms with Gasteiger partial charge in [-0.1, -0.05) is 17.7 Å². The number of ether oxygens (including phenoxy) is 1. The predicted octanol–water partition coefficient (Wildman–Crippen LogP) is 3.07. The highest BCUT2D eigenvalue weighted by Gasteiger charge is 2.15. The van der Waals surface area contributed by atoms with Crippen LogP contribution in [0.15, 0.2) is 36.4 Å². The van der Waals surface area contributed by atoms with Crippen LogP contribution in [0.2, 0.25) is 0 Å². The molecule has 0 aliphatic heterocycles. The molecule has 1 amide bonds. The lowest BCUT2D eigenvalue weighted by Gasteiger charge is -2.11. The molecule has 2 rings (SSSR count). The average Bonchev–Trinajstić information content (AvgIpc) is 2.65. The Hall–Kier alpha value is -3.55. The van der Waals surface area contributed by atoms with E-state index in [9.17, 15) is 24.5 Å². The van der Waals surface area contributed by atoms with Crippen LogP contribution in [0.25, 0.3) is 0 Å². The first-order valence-corrected chi connectivity index (χ1v) is 8.98. The average molecular weight is 398 g/mol. The lowest BCUT2D eigenvalue weighted by molar-refractivity contribution is -0.384. The fraction of sp³-hybridized carbons (Fsp3) is 0.286. The Labute approximate surface area is 168 Å². The molecule has 2 aromatic rings. The number of ketones is 1. The fourth-order valence-corrected chi connectivity index (χ4v) is 3.02. The molecular formula is C21H22N2O6. The molecule has 0 spiro atoms. The highest BCUT2D eigenvalue weighted by molar-refractivity contribution is 6.00. The summed E-state index contributed by atoms with van der Waals surface area (Å²) in [5, 5.41) is 13.1. The molecule has 2 aromatic carbocycles. The van der Waals surface area contributed by atoms with Crippen molar-refractivity contribution in [1.29, 1.82) is 0 Å². The van der Waals surface area contributed by atoms with Crippen molar-refractivity contribution in [2.75, 3.05) is 13.2 Å². The van der Waals surface area contributed by atoms with Crippen molar-refractivity contribution in [1.82, 2.24) is 5.32 Å². The number of nitro benzene ring substituents is 1. The van der Waals surface area contributed by atoms with E-state index in [2.05, 4.69) is 5.32 Å². The minimum atomic E-state index is -0.607. The second-order valence-electron chi connectivity index (χ2n) is 6.67. The first-order chi connectivity index (χ1) is 13.7. The van der Waals surface area contributed by atoms with Gasteiger partial charge < -0.3 is 10.1 Å². The van der Waals surface area contributed by atoms with Gasteiger partial charge in [-0.2, -0.15) is 0 Å². The van der Waals surface area contributed by atoms with Gasteiger partial charge in [-0.3, -0.25) is 24.5 Å². The van der Waals surface area contributed by atoms with Crippen LogP contribution >= 0.6 is 0 Å². The molecule has 0 aliphatic carbocycles. The third-order valence-electron chi connectivity index (χ3n) is 4.28. The number of nitro groups is 1. The van der Waals surface area contributed by atoms with Gasteiger partial charge in [0.15, 0.2) is 6.61 Å². The number of non-ortho nitro benzene ring substituents is 1. The Balaban J connectivity index is 1.79. The minimum Gasteiger partial charge on any atom is -0.457 e. The first kappa shape index (κ1) is 21.7. The van der Waals surface area contributed by atoms with Crippen LogP contribution < -0.4 is 5.32 Å². The summed E-state index contributed by atoms with van der Waals surface area (Å²) in [6, 6.07) is 8.91. The molecule has 0 fully saturated rings. The second kappa shape index (κ2) is 9.59. The summed E-state index contributed by atoms with van der Waals surface area (Å²) in [5.41, 5.74) is 3.39. The number of Topliss-reactive ketones (excluding diaryl/α,β-unsaturated/α-hetero) is 1. The summed E-state index contributed by atoms with van der Waals surface area (Å²) >= 11 is 0. The van der Waals surface area contributed by atoms with Crippen LogP contribution in [0.5, 0.6) is 0 Å². The summed E-state index contributed by atoms with van der Waals surface area (Å²) in [6.45, 7) is 5.27. The Bertz CT molecular complexity index is 927. The second-order valence-corrected chi connectivity index (χ2v) is 6.67. The smallest absolute Gasteiger partial charge is 0.308 e. The highest BCUT2D eigenvalue weighted by Crippen LogP contribution is 2.17. The molecule has 8 heteroatoms. The zero-order valence-corrected chi connectivity index (χ0v) is 16.5. The van der Waals surface area contributed by atoms with Gasteiger partial charge in [0.25, 0.3) is 11.6 Å². The monoisotopic (exact) mass is 398 g/mol. The lowest BCUT2D eigenvalue weighted by Crippen LogP contribution is -2.27. The van der Waals surface area contributed by atoms with Crippen molar-refractivity contribution < 1.29 is 24.0 Å². The molecule has 1 N–H and O–H groups in total. The number of aryl methyl sites for hydroxylation is 3. The van der Waals surface area contributed by atoms with E-state index >= 15 is 0 Å². The lowest BCUT2D eigenvalue weighted by atomic mass is 9.97. The van der Waals surface area contributed by atoms with Crippen LogP contribution in [0.1, 0.15) is 43.8 Å². The molecule has 29 heavy (non-hydrogen) atoms. The van der Waals surface area contributed by atoms with Crippen LogP contribution in [-0.4, -0.2) is 35.7 Å². The molecular weight excluding hydrogens is 376 g/mol. The zero-order valence-electron chi connectivity index (χ0n) is 16.5. The third kappa shape index (κ3) is 5.97. The van der Waals surface area contributed by atoms with Crippen molar-refractivity contribution in [2.24, 2.45) is 0 Å². The standard InChI is InChI=1S/C21H22N2O6/c1-13-10-14(2)20(15(3)11-13)18(24)12-29-19(25)8-9-22-21(26)16-4-6-17(7-5-16)23(27)28/h4-7,10-11H,8-9,12H2,1-3H3,(H,22,26). The predicted molar refractivity (Wildman–Crippen MR) is 106 cm³/mol. The molecule has 0 aromatic heterocycles. The molecule has 0 saturated heterocycles. The van der Waals surface area contributed by atoms with Crippen LogP contribution in [0.3, 0.4) is 0 Å². The van der Waals surface area contributed by atoms with E-state index in [1.165, 1.54) is 24.3 Å². The van der Waals surface area contributed by atoms with Gasteiger partial charge in [0.2, 0.25) is 5.78 Å². The topological polar surface area (TPSA) is 116 Å². The molecule has 0 saturated carbocycles. The normalized spacial score (nSPS) is 10.3. The maximum absolute atomic E-state index is 12.3. The number of hydrogen-bond acceptors (Lipinski definition) is 6. The Morgan fingerprint density at radius 1 is 1.03 bits per heavy atom. The largest absolute Gasteiger partial charge is 0.457 e. The molecule has 0 heterocycles. The molecule has 152 valence electrons. The van der Waals surface area contributed by atoms with Crippen LogP contribution in [0, 0.1) is 30.9 Å². The van der Waals surface area contributed by atoms with Gasteiger partial charge in [0, 0.05) is 29.8 Å². The van der Waals surface area contributed by atoms with Crippen molar-refractivity contribution in [3.05, 3.63) is 74.3 Å². The van der Waals surface area contributed by atoms with Crippen LogP contribution in [-0.2, 0) is 9.53 Å². The van der Waals surface area contributed by atoms with E-state index in [1.54, 1.807) is 0 Å². The minimum absolute atomic E-state index is 0.0193. The number of rotatable bonds is 8. The SMILES string of the molecule is Cc1cc(C)c(C(=O)COC(=O)CCNC(=O)c2ccc([N+](=O)[O-])cc2)c(C)c1. The van der Waals surface area contributed by atoms with Crippen molar-refractivity contribution in [3.8, 4) is 0 Å².